The standard InChI is InChI=1S/C10H8ClNO/c1-7(5-12)9-2-8(6-13)3-10(11)4-9/h2-4,6-7H,1H3/t7-/m1/s1. The maximum Gasteiger partial charge on any atom is 0.150 e. The van der Waals surface area contributed by atoms with Crippen LogP contribution in [0.3, 0.4) is 0 Å². The molecule has 0 saturated carbocycles. The average molecular weight is 194 g/mol. The Morgan fingerprint density at radius 3 is 2.77 bits per heavy atom. The van der Waals surface area contributed by atoms with Gasteiger partial charge in [-0.2, -0.15) is 5.26 Å². The lowest BCUT2D eigenvalue weighted by molar-refractivity contribution is 0.112. The highest BCUT2D eigenvalue weighted by Gasteiger charge is 2.05. The van der Waals surface area contributed by atoms with Gasteiger partial charge in [0.1, 0.15) is 6.29 Å². The molecule has 0 spiro atoms. The van der Waals surface area contributed by atoms with Gasteiger partial charge in [0, 0.05) is 10.6 Å². The Bertz CT molecular complexity index is 368. The number of nitriles is 1. The van der Waals surface area contributed by atoms with Crippen molar-refractivity contribution in [3.8, 4) is 6.07 Å². The zero-order chi connectivity index (χ0) is 9.84. The first-order valence-corrected chi connectivity index (χ1v) is 4.20. The fraction of sp³-hybridized carbons (Fsp3) is 0.200. The van der Waals surface area contributed by atoms with Crippen molar-refractivity contribution in [1.82, 2.24) is 0 Å². The molecule has 0 aliphatic heterocycles. The first-order chi connectivity index (χ1) is 6.17. The number of rotatable bonds is 2. The second kappa shape index (κ2) is 4.06. The number of carbonyl (C=O) groups is 1. The molecule has 0 heterocycles. The predicted octanol–water partition coefficient (Wildman–Crippen LogP) is 2.78. The number of nitrogens with zero attached hydrogens (tertiary/aromatic N) is 1. The van der Waals surface area contributed by atoms with E-state index in [1.165, 1.54) is 0 Å². The van der Waals surface area contributed by atoms with Crippen molar-refractivity contribution in [3.63, 3.8) is 0 Å². The predicted molar refractivity (Wildman–Crippen MR) is 50.9 cm³/mol. The highest BCUT2D eigenvalue weighted by Crippen LogP contribution is 2.20. The molecule has 0 saturated heterocycles. The molecule has 0 N–H and O–H groups in total. The summed E-state index contributed by atoms with van der Waals surface area (Å²) in [5.74, 6) is -0.239. The highest BCUT2D eigenvalue weighted by atomic mass is 35.5. The Morgan fingerprint density at radius 2 is 2.23 bits per heavy atom. The van der Waals surface area contributed by atoms with Crippen LogP contribution in [-0.2, 0) is 0 Å². The van der Waals surface area contributed by atoms with Crippen LogP contribution in [0.1, 0.15) is 28.8 Å². The van der Waals surface area contributed by atoms with Gasteiger partial charge >= 0.3 is 0 Å². The molecule has 0 fully saturated rings. The van der Waals surface area contributed by atoms with Crippen LogP contribution in [0.2, 0.25) is 5.02 Å². The molecule has 0 amide bonds. The molecule has 0 aliphatic carbocycles. The lowest BCUT2D eigenvalue weighted by Crippen LogP contribution is -1.91. The van der Waals surface area contributed by atoms with E-state index in [2.05, 4.69) is 6.07 Å². The van der Waals surface area contributed by atoms with Gasteiger partial charge in [-0.15, -0.1) is 0 Å². The van der Waals surface area contributed by atoms with Crippen LogP contribution in [0.5, 0.6) is 0 Å². The molecule has 13 heavy (non-hydrogen) atoms. The number of halogens is 1. The lowest BCUT2D eigenvalue weighted by Gasteiger charge is -2.03. The van der Waals surface area contributed by atoms with Crippen molar-refractivity contribution in [2.75, 3.05) is 0 Å². The van der Waals surface area contributed by atoms with E-state index in [-0.39, 0.29) is 5.92 Å². The summed E-state index contributed by atoms with van der Waals surface area (Å²) in [6.07, 6.45) is 0.722. The zero-order valence-corrected chi connectivity index (χ0v) is 7.88. The third-order valence-electron chi connectivity index (χ3n) is 1.77. The highest BCUT2D eigenvalue weighted by molar-refractivity contribution is 6.30. The van der Waals surface area contributed by atoms with Crippen LogP contribution in [0.25, 0.3) is 0 Å². The van der Waals surface area contributed by atoms with E-state index in [1.54, 1.807) is 25.1 Å². The molecule has 1 aromatic carbocycles. The quantitative estimate of drug-likeness (QED) is 0.678. The van der Waals surface area contributed by atoms with Gasteiger partial charge in [0.05, 0.1) is 12.0 Å². The van der Waals surface area contributed by atoms with E-state index in [4.69, 9.17) is 16.9 Å². The molecular formula is C10H8ClNO. The molecule has 0 unspecified atom stereocenters. The van der Waals surface area contributed by atoms with Crippen molar-refractivity contribution in [1.29, 1.82) is 5.26 Å². The Morgan fingerprint density at radius 1 is 1.54 bits per heavy atom. The Hall–Kier alpha value is -1.33. The van der Waals surface area contributed by atoms with Gasteiger partial charge in [-0.1, -0.05) is 11.6 Å². The summed E-state index contributed by atoms with van der Waals surface area (Å²) in [6, 6.07) is 7.03. The zero-order valence-electron chi connectivity index (χ0n) is 7.12. The smallest absolute Gasteiger partial charge is 0.150 e. The van der Waals surface area contributed by atoms with Gasteiger partial charge in [0.25, 0.3) is 0 Å². The number of aldehydes is 1. The minimum absolute atomic E-state index is 0.239. The third-order valence-corrected chi connectivity index (χ3v) is 1.99. The van der Waals surface area contributed by atoms with Crippen molar-refractivity contribution in [2.24, 2.45) is 0 Å². The topological polar surface area (TPSA) is 40.9 Å². The van der Waals surface area contributed by atoms with E-state index in [1.807, 2.05) is 0 Å². The largest absolute Gasteiger partial charge is 0.298 e. The summed E-state index contributed by atoms with van der Waals surface area (Å²) < 4.78 is 0. The molecule has 1 atom stereocenters. The molecule has 0 aromatic heterocycles. The SMILES string of the molecule is C[C@H](C#N)c1cc(Cl)cc(C=O)c1. The van der Waals surface area contributed by atoms with E-state index in [0.29, 0.717) is 10.6 Å². The number of benzene rings is 1. The normalized spacial score (nSPS) is 11.8. The van der Waals surface area contributed by atoms with Gasteiger partial charge < -0.3 is 0 Å². The van der Waals surface area contributed by atoms with Crippen LogP contribution in [0.4, 0.5) is 0 Å². The van der Waals surface area contributed by atoms with Gasteiger partial charge in [0.2, 0.25) is 0 Å². The summed E-state index contributed by atoms with van der Waals surface area (Å²) in [5.41, 5.74) is 1.28. The minimum atomic E-state index is -0.239. The van der Waals surface area contributed by atoms with Crippen LogP contribution < -0.4 is 0 Å². The van der Waals surface area contributed by atoms with Crippen molar-refractivity contribution in [2.45, 2.75) is 12.8 Å². The summed E-state index contributed by atoms with van der Waals surface area (Å²) >= 11 is 5.76. The molecule has 1 aromatic rings. The van der Waals surface area contributed by atoms with Gasteiger partial charge in [-0.05, 0) is 30.7 Å². The van der Waals surface area contributed by atoms with E-state index >= 15 is 0 Å². The summed E-state index contributed by atoms with van der Waals surface area (Å²) in [7, 11) is 0. The van der Waals surface area contributed by atoms with E-state index < -0.39 is 0 Å². The van der Waals surface area contributed by atoms with Crippen LogP contribution in [0.15, 0.2) is 18.2 Å². The summed E-state index contributed by atoms with van der Waals surface area (Å²) in [5, 5.41) is 9.15. The Labute approximate surface area is 81.7 Å². The molecule has 1 rings (SSSR count). The van der Waals surface area contributed by atoms with Gasteiger partial charge in [0.15, 0.2) is 0 Å². The fourth-order valence-electron chi connectivity index (χ4n) is 1.03. The molecule has 3 heteroatoms. The first-order valence-electron chi connectivity index (χ1n) is 3.82. The molecule has 0 radical (unpaired) electrons. The Kier molecular flexibility index (Phi) is 3.05. The van der Waals surface area contributed by atoms with Crippen molar-refractivity contribution >= 4 is 17.9 Å². The summed E-state index contributed by atoms with van der Waals surface area (Å²) in [4.78, 5) is 10.5. The van der Waals surface area contributed by atoms with Crippen LogP contribution in [-0.4, -0.2) is 6.29 Å². The van der Waals surface area contributed by atoms with Crippen LogP contribution >= 0.6 is 11.6 Å². The van der Waals surface area contributed by atoms with Gasteiger partial charge in [-0.3, -0.25) is 4.79 Å². The second-order valence-electron chi connectivity index (χ2n) is 2.79. The van der Waals surface area contributed by atoms with Gasteiger partial charge in [-0.25, -0.2) is 0 Å². The first kappa shape index (κ1) is 9.76. The molecule has 0 bridgehead atoms. The maximum atomic E-state index is 10.5. The van der Waals surface area contributed by atoms with Crippen molar-refractivity contribution in [3.05, 3.63) is 34.3 Å². The monoisotopic (exact) mass is 193 g/mol. The molecular weight excluding hydrogens is 186 g/mol. The molecule has 0 aliphatic rings. The second-order valence-corrected chi connectivity index (χ2v) is 3.22. The van der Waals surface area contributed by atoms with Crippen molar-refractivity contribution < 1.29 is 4.79 Å². The average Bonchev–Trinajstić information content (AvgIpc) is 2.15. The van der Waals surface area contributed by atoms with E-state index in [9.17, 15) is 4.79 Å². The minimum Gasteiger partial charge on any atom is -0.298 e. The summed E-state index contributed by atoms with van der Waals surface area (Å²) in [6.45, 7) is 1.76. The number of carbonyl (C=O) groups excluding carboxylic acids is 1. The maximum absolute atomic E-state index is 10.5. The van der Waals surface area contributed by atoms with Crippen LogP contribution in [0, 0.1) is 11.3 Å². The number of hydrogen-bond acceptors (Lipinski definition) is 2. The fourth-order valence-corrected chi connectivity index (χ4v) is 1.28. The Balaban J connectivity index is 3.17. The lowest BCUT2D eigenvalue weighted by atomic mass is 10.0. The van der Waals surface area contributed by atoms with E-state index in [0.717, 1.165) is 11.8 Å². The molecule has 2 nitrogen and oxygen atoms in total. The third kappa shape index (κ3) is 2.30. The molecule has 66 valence electrons. The number of hydrogen-bond donors (Lipinski definition) is 0.